The van der Waals surface area contributed by atoms with E-state index < -0.39 is 12.1 Å². The molecule has 0 unspecified atom stereocenters. The third kappa shape index (κ3) is 4.59. The molecule has 1 heterocycles. The van der Waals surface area contributed by atoms with Crippen LogP contribution in [0.2, 0.25) is 5.02 Å². The molecule has 0 fully saturated rings. The Morgan fingerprint density at radius 2 is 2.04 bits per heavy atom. The zero-order valence-corrected chi connectivity index (χ0v) is 15.5. The van der Waals surface area contributed by atoms with Crippen LogP contribution >= 0.6 is 22.9 Å². The Labute approximate surface area is 165 Å². The van der Waals surface area contributed by atoms with Gasteiger partial charge in [-0.2, -0.15) is 5.26 Å². The summed E-state index contributed by atoms with van der Waals surface area (Å²) in [6.45, 7) is 0.371. The minimum Gasteiger partial charge on any atom is -0.488 e. The zero-order chi connectivity index (χ0) is 19.2. The van der Waals surface area contributed by atoms with Crippen molar-refractivity contribution in [2.75, 3.05) is 0 Å². The van der Waals surface area contributed by atoms with Crippen LogP contribution in [0.5, 0.6) is 11.5 Å². The molecule has 2 aromatic carbocycles. The van der Waals surface area contributed by atoms with Crippen molar-refractivity contribution in [1.29, 1.82) is 5.26 Å². The van der Waals surface area contributed by atoms with Crippen LogP contribution in [-0.4, -0.2) is 11.1 Å². The maximum absolute atomic E-state index is 11.7. The van der Waals surface area contributed by atoms with Crippen LogP contribution in [-0.2, 0) is 11.4 Å². The first-order valence-corrected chi connectivity index (χ1v) is 9.17. The van der Waals surface area contributed by atoms with Gasteiger partial charge in [0.2, 0.25) is 6.10 Å². The topological polar surface area (TPSA) is 79.5 Å². The fraction of sp³-hybridized carbons (Fsp3) is 0.100. The lowest BCUT2D eigenvalue weighted by Gasteiger charge is -2.18. The van der Waals surface area contributed by atoms with Crippen LogP contribution in [0, 0.1) is 11.3 Å². The Morgan fingerprint density at radius 3 is 2.70 bits per heavy atom. The number of rotatable bonds is 7. The highest BCUT2D eigenvalue weighted by Crippen LogP contribution is 2.32. The first-order chi connectivity index (χ1) is 13.1. The third-order valence-electron chi connectivity index (χ3n) is 3.69. The highest BCUT2D eigenvalue weighted by atomic mass is 35.5. The highest BCUT2D eigenvalue weighted by Gasteiger charge is 2.25. The van der Waals surface area contributed by atoms with Gasteiger partial charge in [-0.1, -0.05) is 35.9 Å². The smallest absolute Gasteiger partial charge is 0.349 e. The zero-order valence-electron chi connectivity index (χ0n) is 14.0. The third-order valence-corrected chi connectivity index (χ3v) is 4.89. The van der Waals surface area contributed by atoms with Crippen molar-refractivity contribution in [3.63, 3.8) is 0 Å². The number of nitrogens with zero attached hydrogens (tertiary/aromatic N) is 1. The summed E-state index contributed by atoms with van der Waals surface area (Å²) in [5, 5.41) is 21.1. The van der Waals surface area contributed by atoms with E-state index in [1.54, 1.807) is 41.7 Å². The summed E-state index contributed by atoms with van der Waals surface area (Å²) in [4.78, 5) is 12.8. The van der Waals surface area contributed by atoms with Crippen LogP contribution in [0.15, 0.2) is 60.0 Å². The van der Waals surface area contributed by atoms with Crippen molar-refractivity contribution in [2.45, 2.75) is 12.7 Å². The number of aliphatic carboxylic acids is 1. The second kappa shape index (κ2) is 8.58. The van der Waals surface area contributed by atoms with Crippen molar-refractivity contribution in [3.05, 3.63) is 81.0 Å². The lowest BCUT2D eigenvalue weighted by molar-refractivity contribution is -0.145. The van der Waals surface area contributed by atoms with E-state index in [-0.39, 0.29) is 16.3 Å². The molecule has 0 aliphatic heterocycles. The van der Waals surface area contributed by atoms with Gasteiger partial charge in [0, 0.05) is 21.5 Å². The molecule has 1 N–H and O–H groups in total. The molecule has 0 aliphatic rings. The molecule has 0 radical (unpaired) electrons. The van der Waals surface area contributed by atoms with Crippen LogP contribution in [0.25, 0.3) is 0 Å². The molecular weight excluding hydrogens is 386 g/mol. The van der Waals surface area contributed by atoms with Gasteiger partial charge in [-0.25, -0.2) is 4.79 Å². The Morgan fingerprint density at radius 1 is 1.22 bits per heavy atom. The number of hydrogen-bond donors (Lipinski definition) is 1. The Bertz CT molecular complexity index is 982. The highest BCUT2D eigenvalue weighted by molar-refractivity contribution is 7.09. The normalized spacial score (nSPS) is 11.4. The van der Waals surface area contributed by atoms with E-state index in [4.69, 9.17) is 21.1 Å². The van der Waals surface area contributed by atoms with E-state index >= 15 is 0 Å². The fourth-order valence-corrected chi connectivity index (χ4v) is 3.24. The maximum atomic E-state index is 11.7. The molecule has 136 valence electrons. The number of carbonyl (C=O) groups is 1. The Kier molecular flexibility index (Phi) is 5.97. The van der Waals surface area contributed by atoms with Gasteiger partial charge in [-0.05, 0) is 29.6 Å². The fourth-order valence-electron chi connectivity index (χ4n) is 2.39. The van der Waals surface area contributed by atoms with Crippen LogP contribution in [0.1, 0.15) is 22.1 Å². The molecule has 0 bridgehead atoms. The van der Waals surface area contributed by atoms with Crippen molar-refractivity contribution < 1.29 is 19.4 Å². The molecule has 3 aromatic rings. The summed E-state index contributed by atoms with van der Waals surface area (Å²) in [5.74, 6) is -0.619. The SMILES string of the molecule is N#Cc1ccc(OCc2cccs2)cc1O[C@@H](C(=O)O)c1ccccc1Cl. The van der Waals surface area contributed by atoms with E-state index in [0.29, 0.717) is 17.9 Å². The van der Waals surface area contributed by atoms with Crippen LogP contribution < -0.4 is 9.47 Å². The molecule has 1 aromatic heterocycles. The molecule has 1 atom stereocenters. The van der Waals surface area contributed by atoms with Crippen LogP contribution in [0.3, 0.4) is 0 Å². The van der Waals surface area contributed by atoms with Gasteiger partial charge in [-0.15, -0.1) is 11.3 Å². The van der Waals surface area contributed by atoms with Gasteiger partial charge in [-0.3, -0.25) is 0 Å². The summed E-state index contributed by atoms with van der Waals surface area (Å²) in [7, 11) is 0. The molecule has 0 saturated heterocycles. The second-order valence-electron chi connectivity index (χ2n) is 5.50. The first-order valence-electron chi connectivity index (χ1n) is 7.91. The molecule has 0 aliphatic carbocycles. The summed E-state index contributed by atoms with van der Waals surface area (Å²) in [5.41, 5.74) is 0.511. The van der Waals surface area contributed by atoms with Crippen molar-refractivity contribution in [2.24, 2.45) is 0 Å². The van der Waals surface area contributed by atoms with E-state index in [1.165, 1.54) is 12.1 Å². The predicted octanol–water partition coefficient (Wildman–Crippen LogP) is 5.06. The van der Waals surface area contributed by atoms with E-state index in [9.17, 15) is 15.2 Å². The molecule has 0 saturated carbocycles. The number of hydrogen-bond acceptors (Lipinski definition) is 5. The molecule has 3 rings (SSSR count). The van der Waals surface area contributed by atoms with E-state index in [2.05, 4.69) is 0 Å². The number of benzene rings is 2. The lowest BCUT2D eigenvalue weighted by Crippen LogP contribution is -2.19. The number of carboxylic acids is 1. The summed E-state index contributed by atoms with van der Waals surface area (Å²) in [6, 6.07) is 17.1. The number of thiophene rings is 1. The van der Waals surface area contributed by atoms with Gasteiger partial charge in [0.25, 0.3) is 0 Å². The van der Waals surface area contributed by atoms with Crippen molar-refractivity contribution >= 4 is 28.9 Å². The van der Waals surface area contributed by atoms with Gasteiger partial charge >= 0.3 is 5.97 Å². The Balaban J connectivity index is 1.87. The number of halogens is 1. The maximum Gasteiger partial charge on any atom is 0.349 e. The minimum absolute atomic E-state index is 0.119. The molecule has 0 spiro atoms. The summed E-state index contributed by atoms with van der Waals surface area (Å²) in [6.07, 6.45) is -1.35. The average Bonchev–Trinajstić information content (AvgIpc) is 3.18. The van der Waals surface area contributed by atoms with E-state index in [1.807, 2.05) is 23.6 Å². The largest absolute Gasteiger partial charge is 0.488 e. The van der Waals surface area contributed by atoms with Crippen molar-refractivity contribution in [1.82, 2.24) is 0 Å². The van der Waals surface area contributed by atoms with Gasteiger partial charge in [0.1, 0.15) is 24.2 Å². The molecule has 27 heavy (non-hydrogen) atoms. The lowest BCUT2D eigenvalue weighted by atomic mass is 10.1. The van der Waals surface area contributed by atoms with Gasteiger partial charge in [0.05, 0.1) is 5.56 Å². The monoisotopic (exact) mass is 399 g/mol. The van der Waals surface area contributed by atoms with E-state index in [0.717, 1.165) is 4.88 Å². The average molecular weight is 400 g/mol. The van der Waals surface area contributed by atoms with Crippen molar-refractivity contribution in [3.8, 4) is 17.6 Å². The van der Waals surface area contributed by atoms with Gasteiger partial charge < -0.3 is 14.6 Å². The number of nitriles is 1. The second-order valence-corrected chi connectivity index (χ2v) is 6.93. The molecular formula is C20H14ClNO4S. The minimum atomic E-state index is -1.35. The standard InChI is InChI=1S/C20H14ClNO4S/c21-17-6-2-1-5-16(17)19(20(23)24)26-18-10-14(8-7-13(18)11-22)25-12-15-4-3-9-27-15/h1-10,19H,12H2,(H,23,24)/t19-/m1/s1. The van der Waals surface area contributed by atoms with Crippen LogP contribution in [0.4, 0.5) is 0 Å². The summed E-state index contributed by atoms with van der Waals surface area (Å²) >= 11 is 7.68. The molecule has 7 heteroatoms. The Hall–Kier alpha value is -3.01. The number of ether oxygens (including phenoxy) is 2. The first kappa shape index (κ1) is 18.8. The quantitative estimate of drug-likeness (QED) is 0.600. The number of carboxylic acid groups (broad SMARTS) is 1. The molecule has 5 nitrogen and oxygen atoms in total. The summed E-state index contributed by atoms with van der Waals surface area (Å²) < 4.78 is 11.4. The predicted molar refractivity (Wildman–Crippen MR) is 102 cm³/mol. The van der Waals surface area contributed by atoms with Gasteiger partial charge in [0.15, 0.2) is 0 Å². The molecule has 0 amide bonds.